The SMILES string of the molecule is CS(=O)(=O)Nc1nc(CC(=O)Nc2ccc(OC(F)(F)F)cc2)cs1. The Morgan fingerprint density at radius 2 is 1.92 bits per heavy atom. The zero-order valence-electron chi connectivity index (χ0n) is 12.6. The van der Waals surface area contributed by atoms with Gasteiger partial charge < -0.3 is 10.1 Å². The fourth-order valence-electron chi connectivity index (χ4n) is 1.70. The topological polar surface area (TPSA) is 97.4 Å². The quantitative estimate of drug-likeness (QED) is 0.784. The summed E-state index contributed by atoms with van der Waals surface area (Å²) in [6, 6.07) is 4.66. The molecule has 0 saturated heterocycles. The first-order valence-electron chi connectivity index (χ1n) is 6.58. The molecule has 0 aliphatic rings. The van der Waals surface area contributed by atoms with Crippen LogP contribution in [0, 0.1) is 0 Å². The van der Waals surface area contributed by atoms with E-state index in [4.69, 9.17) is 0 Å². The predicted molar refractivity (Wildman–Crippen MR) is 86.0 cm³/mol. The number of carbonyl (C=O) groups excluding carboxylic acids is 1. The number of sulfonamides is 1. The second-order valence-corrected chi connectivity index (χ2v) is 7.42. The maximum Gasteiger partial charge on any atom is 0.573 e. The highest BCUT2D eigenvalue weighted by molar-refractivity contribution is 7.92. The standard InChI is InChI=1S/C13H12F3N3O4S2/c1-25(21,22)19-12-18-9(7-24-12)6-11(20)17-8-2-4-10(5-3-8)23-13(14,15)16/h2-5,7H,6H2,1H3,(H,17,20)(H,18,19). The average Bonchev–Trinajstić information content (AvgIpc) is 2.84. The van der Waals surface area contributed by atoms with E-state index in [9.17, 15) is 26.4 Å². The summed E-state index contributed by atoms with van der Waals surface area (Å²) in [4.78, 5) is 15.8. The summed E-state index contributed by atoms with van der Waals surface area (Å²) < 4.78 is 64.3. The first kappa shape index (κ1) is 19.0. The van der Waals surface area contributed by atoms with Crippen molar-refractivity contribution < 1.29 is 31.1 Å². The van der Waals surface area contributed by atoms with Crippen LogP contribution in [0.2, 0.25) is 0 Å². The van der Waals surface area contributed by atoms with Crippen LogP contribution in [0.25, 0.3) is 0 Å². The first-order valence-corrected chi connectivity index (χ1v) is 9.35. The Balaban J connectivity index is 1.92. The number of rotatable bonds is 6. The number of amides is 1. The third-order valence-electron chi connectivity index (χ3n) is 2.54. The molecule has 0 atom stereocenters. The maximum atomic E-state index is 12.1. The van der Waals surface area contributed by atoms with Gasteiger partial charge in [0, 0.05) is 11.1 Å². The van der Waals surface area contributed by atoms with Crippen LogP contribution >= 0.6 is 11.3 Å². The van der Waals surface area contributed by atoms with Gasteiger partial charge in [0.15, 0.2) is 5.13 Å². The van der Waals surface area contributed by atoms with E-state index in [0.717, 1.165) is 29.7 Å². The van der Waals surface area contributed by atoms with Crippen molar-refractivity contribution in [2.75, 3.05) is 16.3 Å². The summed E-state index contributed by atoms with van der Waals surface area (Å²) in [7, 11) is -3.45. The van der Waals surface area contributed by atoms with Crippen molar-refractivity contribution in [2.24, 2.45) is 0 Å². The van der Waals surface area contributed by atoms with Gasteiger partial charge in [0.25, 0.3) is 0 Å². The third kappa shape index (κ3) is 6.97. The first-order chi connectivity index (χ1) is 11.5. The number of anilines is 2. The van der Waals surface area contributed by atoms with Crippen LogP contribution in [0.1, 0.15) is 5.69 Å². The number of hydrogen-bond acceptors (Lipinski definition) is 6. The Morgan fingerprint density at radius 1 is 1.28 bits per heavy atom. The van der Waals surface area contributed by atoms with E-state index in [1.54, 1.807) is 0 Å². The van der Waals surface area contributed by atoms with Crippen LogP contribution in [-0.2, 0) is 21.2 Å². The van der Waals surface area contributed by atoms with Crippen molar-refractivity contribution in [1.29, 1.82) is 0 Å². The van der Waals surface area contributed by atoms with Gasteiger partial charge in [-0.3, -0.25) is 9.52 Å². The number of ether oxygens (including phenoxy) is 1. The minimum absolute atomic E-state index is 0.122. The maximum absolute atomic E-state index is 12.1. The second kappa shape index (κ2) is 7.27. The number of carbonyl (C=O) groups is 1. The Morgan fingerprint density at radius 3 is 2.48 bits per heavy atom. The van der Waals surface area contributed by atoms with Crippen molar-refractivity contribution in [3.8, 4) is 5.75 Å². The molecule has 0 fully saturated rings. The van der Waals surface area contributed by atoms with Crippen LogP contribution < -0.4 is 14.8 Å². The molecule has 1 amide bonds. The second-order valence-electron chi connectivity index (χ2n) is 4.82. The van der Waals surface area contributed by atoms with Crippen LogP contribution in [0.4, 0.5) is 24.0 Å². The summed E-state index contributed by atoms with van der Waals surface area (Å²) in [5.74, 6) is -0.859. The number of halogens is 3. The van der Waals surface area contributed by atoms with Crippen molar-refractivity contribution in [3.63, 3.8) is 0 Å². The normalized spacial score (nSPS) is 11.8. The van der Waals surface area contributed by atoms with E-state index in [1.165, 1.54) is 17.5 Å². The van der Waals surface area contributed by atoms with Gasteiger partial charge in [-0.05, 0) is 24.3 Å². The number of aromatic nitrogens is 1. The Labute approximate surface area is 144 Å². The molecule has 0 bridgehead atoms. The number of benzene rings is 1. The van der Waals surface area contributed by atoms with Gasteiger partial charge in [-0.15, -0.1) is 24.5 Å². The summed E-state index contributed by atoms with van der Waals surface area (Å²) in [6.07, 6.45) is -3.93. The van der Waals surface area contributed by atoms with Crippen molar-refractivity contribution >= 4 is 38.1 Å². The number of hydrogen-bond donors (Lipinski definition) is 2. The average molecular weight is 395 g/mol. The molecule has 1 aromatic heterocycles. The summed E-state index contributed by atoms with van der Waals surface area (Å²) >= 11 is 1.03. The highest BCUT2D eigenvalue weighted by Gasteiger charge is 2.30. The van der Waals surface area contributed by atoms with E-state index < -0.39 is 28.0 Å². The highest BCUT2D eigenvalue weighted by Crippen LogP contribution is 2.24. The van der Waals surface area contributed by atoms with Gasteiger partial charge in [-0.25, -0.2) is 13.4 Å². The van der Waals surface area contributed by atoms with Gasteiger partial charge in [0.1, 0.15) is 5.75 Å². The lowest BCUT2D eigenvalue weighted by Crippen LogP contribution is -2.17. The zero-order valence-corrected chi connectivity index (χ0v) is 14.3. The largest absolute Gasteiger partial charge is 0.573 e. The van der Waals surface area contributed by atoms with Crippen LogP contribution in [-0.4, -0.2) is 31.9 Å². The minimum Gasteiger partial charge on any atom is -0.406 e. The molecule has 25 heavy (non-hydrogen) atoms. The van der Waals surface area contributed by atoms with E-state index in [0.29, 0.717) is 5.69 Å². The molecule has 2 rings (SSSR count). The van der Waals surface area contributed by atoms with Crippen LogP contribution in [0.15, 0.2) is 29.6 Å². The lowest BCUT2D eigenvalue weighted by atomic mass is 10.2. The zero-order chi connectivity index (χ0) is 18.7. The number of nitrogens with zero attached hydrogens (tertiary/aromatic N) is 1. The molecule has 1 aromatic carbocycles. The molecule has 0 aliphatic heterocycles. The fraction of sp³-hybridized carbons (Fsp3) is 0.231. The molecular weight excluding hydrogens is 383 g/mol. The van der Waals surface area contributed by atoms with Gasteiger partial charge in [0.05, 0.1) is 18.4 Å². The third-order valence-corrected chi connectivity index (χ3v) is 4.04. The summed E-state index contributed by atoms with van der Waals surface area (Å²) in [5.41, 5.74) is 0.634. The molecule has 0 aliphatic carbocycles. The Kier molecular flexibility index (Phi) is 5.52. The van der Waals surface area contributed by atoms with Gasteiger partial charge in [-0.1, -0.05) is 0 Å². The molecule has 7 nitrogen and oxygen atoms in total. The van der Waals surface area contributed by atoms with E-state index in [-0.39, 0.29) is 17.2 Å². The lowest BCUT2D eigenvalue weighted by Gasteiger charge is -2.09. The highest BCUT2D eigenvalue weighted by atomic mass is 32.2. The molecule has 0 spiro atoms. The molecule has 1 heterocycles. The van der Waals surface area contributed by atoms with Crippen molar-refractivity contribution in [1.82, 2.24) is 4.98 Å². The molecule has 12 heteroatoms. The van der Waals surface area contributed by atoms with Crippen LogP contribution in [0.3, 0.4) is 0 Å². The van der Waals surface area contributed by atoms with E-state index in [2.05, 4.69) is 19.8 Å². The van der Waals surface area contributed by atoms with Gasteiger partial charge in [-0.2, -0.15) is 0 Å². The summed E-state index contributed by atoms with van der Waals surface area (Å²) in [5, 5.41) is 4.15. The van der Waals surface area contributed by atoms with Crippen molar-refractivity contribution in [3.05, 3.63) is 35.3 Å². The Hall–Kier alpha value is -2.34. The van der Waals surface area contributed by atoms with Gasteiger partial charge >= 0.3 is 6.36 Å². The minimum atomic E-state index is -4.78. The monoisotopic (exact) mass is 395 g/mol. The molecule has 2 N–H and O–H groups in total. The summed E-state index contributed by atoms with van der Waals surface area (Å²) in [6.45, 7) is 0. The molecular formula is C13H12F3N3O4S2. The molecule has 0 unspecified atom stereocenters. The number of nitrogens with one attached hydrogen (secondary N) is 2. The molecule has 0 saturated carbocycles. The predicted octanol–water partition coefficient (Wildman–Crippen LogP) is 2.59. The molecule has 136 valence electrons. The van der Waals surface area contributed by atoms with E-state index in [1.807, 2.05) is 0 Å². The van der Waals surface area contributed by atoms with Gasteiger partial charge in [0.2, 0.25) is 15.9 Å². The Bertz CT molecular complexity index is 848. The number of alkyl halides is 3. The number of thiazole rings is 1. The van der Waals surface area contributed by atoms with Crippen molar-refractivity contribution in [2.45, 2.75) is 12.8 Å². The molecule has 0 radical (unpaired) electrons. The fourth-order valence-corrected chi connectivity index (χ4v) is 3.27. The lowest BCUT2D eigenvalue weighted by molar-refractivity contribution is -0.274. The molecule has 2 aromatic rings. The van der Waals surface area contributed by atoms with E-state index >= 15 is 0 Å². The smallest absolute Gasteiger partial charge is 0.406 e. The van der Waals surface area contributed by atoms with Crippen LogP contribution in [0.5, 0.6) is 5.75 Å².